The fourth-order valence-electron chi connectivity index (χ4n) is 11.0. The predicted molar refractivity (Wildman–Crippen MR) is 380 cm³/mol. The molecule has 0 rings (SSSR count). The molecule has 0 aromatic carbocycles. The molecule has 0 radical (unpaired) electrons. The molecule has 0 aliphatic rings. The van der Waals surface area contributed by atoms with E-state index in [0.717, 1.165) is 89.9 Å². The Morgan fingerprint density at radius 1 is 0.279 bits per heavy atom. The summed E-state index contributed by atoms with van der Waals surface area (Å²) in [6, 6.07) is 0. The Kier molecular flexibility index (Phi) is 72.8. The van der Waals surface area contributed by atoms with Gasteiger partial charge in [-0.05, 0) is 103 Å². The van der Waals surface area contributed by atoms with Crippen molar-refractivity contribution < 1.29 is 24.2 Å². The maximum atomic E-state index is 12.4. The third-order valence-corrected chi connectivity index (χ3v) is 16.6. The summed E-state index contributed by atoms with van der Waals surface area (Å²) in [6.07, 6.45) is 110. The highest BCUT2D eigenvalue weighted by Gasteiger charge is 2.16. The first-order valence-electron chi connectivity index (χ1n) is 37.4. The SMILES string of the molecule is CC/C=C\C/C=C\C/C=C\C/C=C\C/C=C\C/C=C\C/C=C\CCCCCCCCCCCCCCCC(=O)OC(CO)COC(=O)CCCCCCCCCCCCCCCCCCCCCCCCCCC/C=C\C/C=C\CCCCCCC. The average molecular weight is 1200 g/mol. The van der Waals surface area contributed by atoms with Crippen molar-refractivity contribution in [3.63, 3.8) is 0 Å². The van der Waals surface area contributed by atoms with Crippen LogP contribution in [0.15, 0.2) is 109 Å². The van der Waals surface area contributed by atoms with Crippen molar-refractivity contribution in [1.29, 1.82) is 0 Å². The Balaban J connectivity index is 3.44. The zero-order valence-electron chi connectivity index (χ0n) is 57.1. The fraction of sp³-hybridized carbons (Fsp3) is 0.753. The molecule has 86 heavy (non-hydrogen) atoms. The Morgan fingerprint density at radius 3 is 0.756 bits per heavy atom. The van der Waals surface area contributed by atoms with Gasteiger partial charge in [-0.3, -0.25) is 9.59 Å². The van der Waals surface area contributed by atoms with Crippen molar-refractivity contribution in [2.24, 2.45) is 0 Å². The van der Waals surface area contributed by atoms with Gasteiger partial charge in [-0.1, -0.05) is 367 Å². The number of aliphatic hydroxyl groups is 1. The summed E-state index contributed by atoms with van der Waals surface area (Å²) in [7, 11) is 0. The van der Waals surface area contributed by atoms with E-state index >= 15 is 0 Å². The van der Waals surface area contributed by atoms with Crippen molar-refractivity contribution in [2.45, 2.75) is 380 Å². The van der Waals surface area contributed by atoms with Crippen LogP contribution >= 0.6 is 0 Å². The number of rotatable bonds is 69. The van der Waals surface area contributed by atoms with E-state index in [2.05, 4.69) is 123 Å². The van der Waals surface area contributed by atoms with Crippen LogP contribution in [0.4, 0.5) is 0 Å². The molecule has 0 fully saturated rings. The molecule has 1 atom stereocenters. The summed E-state index contributed by atoms with van der Waals surface area (Å²) in [4.78, 5) is 24.7. The Bertz CT molecular complexity index is 1640. The van der Waals surface area contributed by atoms with Crippen LogP contribution < -0.4 is 0 Å². The number of ether oxygens (including phenoxy) is 2. The van der Waals surface area contributed by atoms with Crippen molar-refractivity contribution in [1.82, 2.24) is 0 Å². The van der Waals surface area contributed by atoms with Crippen molar-refractivity contribution in [3.05, 3.63) is 109 Å². The number of hydrogen-bond donors (Lipinski definition) is 1. The van der Waals surface area contributed by atoms with Gasteiger partial charge in [0.2, 0.25) is 0 Å². The molecule has 5 heteroatoms. The third-order valence-electron chi connectivity index (χ3n) is 16.6. The minimum atomic E-state index is -0.778. The van der Waals surface area contributed by atoms with E-state index in [9.17, 15) is 14.7 Å². The zero-order chi connectivity index (χ0) is 61.9. The van der Waals surface area contributed by atoms with Gasteiger partial charge in [0, 0.05) is 12.8 Å². The molecule has 0 aliphatic carbocycles. The van der Waals surface area contributed by atoms with Crippen LogP contribution in [0.25, 0.3) is 0 Å². The minimum absolute atomic E-state index is 0.0661. The summed E-state index contributed by atoms with van der Waals surface area (Å²) in [5, 5.41) is 9.72. The van der Waals surface area contributed by atoms with Gasteiger partial charge in [-0.2, -0.15) is 0 Å². The highest BCUT2D eigenvalue weighted by atomic mass is 16.6. The topological polar surface area (TPSA) is 72.8 Å². The molecular weight excluding hydrogens is 1050 g/mol. The standard InChI is InChI=1S/C81H142O5/c1-3-5-7-9-11-13-15-17-19-21-23-25-27-29-31-33-35-37-39-40-42-43-45-47-49-51-53-55-57-59-61-63-65-67-69-71-73-75-80(83)85-78-79(77-82)86-81(84)76-74-72-70-68-66-64-62-60-58-56-54-52-50-48-46-44-41-38-36-34-32-30-28-26-24-22-20-18-16-14-12-10-8-6-4-2/h6,8,12,14-15,17-18,20-21,23-24,26,30,32,36,38,44,46,79,82H,3-5,7,9-11,13,16,19,22,25,27-29,31,33-35,37,39-43,45,47-78H2,1-2H3/b8-6-,14-12-,17-15-,20-18-,23-21-,26-24-,32-30-,38-36-,46-44-. The molecule has 0 saturated carbocycles. The maximum absolute atomic E-state index is 12.4. The Morgan fingerprint density at radius 2 is 0.500 bits per heavy atom. The zero-order valence-corrected chi connectivity index (χ0v) is 57.1. The van der Waals surface area contributed by atoms with Gasteiger partial charge < -0.3 is 14.6 Å². The lowest BCUT2D eigenvalue weighted by Crippen LogP contribution is -2.28. The summed E-state index contributed by atoms with van der Waals surface area (Å²) < 4.78 is 10.8. The highest BCUT2D eigenvalue weighted by Crippen LogP contribution is 2.18. The van der Waals surface area contributed by atoms with E-state index in [0.29, 0.717) is 12.8 Å². The van der Waals surface area contributed by atoms with Gasteiger partial charge in [-0.15, -0.1) is 0 Å². The van der Waals surface area contributed by atoms with Crippen molar-refractivity contribution in [3.8, 4) is 0 Å². The van der Waals surface area contributed by atoms with Gasteiger partial charge in [0.05, 0.1) is 6.61 Å². The largest absolute Gasteiger partial charge is 0.462 e. The molecule has 0 heterocycles. The predicted octanol–water partition coefficient (Wildman–Crippen LogP) is 26.3. The maximum Gasteiger partial charge on any atom is 0.306 e. The molecule has 1 N–H and O–H groups in total. The third kappa shape index (κ3) is 73.0. The Labute approximate surface area is 535 Å². The average Bonchev–Trinajstić information content (AvgIpc) is 3.55. The first kappa shape index (κ1) is 82.6. The van der Waals surface area contributed by atoms with E-state index < -0.39 is 6.10 Å². The quantitative estimate of drug-likeness (QED) is 0.0373. The normalized spacial score (nSPS) is 12.8. The lowest BCUT2D eigenvalue weighted by molar-refractivity contribution is -0.161. The van der Waals surface area contributed by atoms with Gasteiger partial charge in [0.15, 0.2) is 6.10 Å². The fourth-order valence-corrected chi connectivity index (χ4v) is 11.0. The lowest BCUT2D eigenvalue weighted by atomic mass is 10.0. The van der Waals surface area contributed by atoms with Crippen LogP contribution in [0, 0.1) is 0 Å². The molecule has 0 aromatic rings. The van der Waals surface area contributed by atoms with Crippen LogP contribution in [0.2, 0.25) is 0 Å². The van der Waals surface area contributed by atoms with Gasteiger partial charge in [0.25, 0.3) is 0 Å². The highest BCUT2D eigenvalue weighted by molar-refractivity contribution is 5.70. The molecule has 1 unspecified atom stereocenters. The summed E-state index contributed by atoms with van der Waals surface area (Å²) in [6.45, 7) is 4.05. The number of carbonyl (C=O) groups is 2. The molecule has 0 aromatic heterocycles. The molecule has 5 nitrogen and oxygen atoms in total. The van der Waals surface area contributed by atoms with E-state index in [-0.39, 0.29) is 25.2 Å². The van der Waals surface area contributed by atoms with Crippen molar-refractivity contribution >= 4 is 11.9 Å². The van der Waals surface area contributed by atoms with E-state index in [1.165, 1.54) is 257 Å². The summed E-state index contributed by atoms with van der Waals surface area (Å²) in [5.74, 6) is -0.578. The summed E-state index contributed by atoms with van der Waals surface area (Å²) in [5.41, 5.74) is 0. The smallest absolute Gasteiger partial charge is 0.306 e. The van der Waals surface area contributed by atoms with Crippen LogP contribution in [0.1, 0.15) is 373 Å². The molecular formula is C81H142O5. The van der Waals surface area contributed by atoms with Gasteiger partial charge in [0.1, 0.15) is 6.61 Å². The number of esters is 2. The van der Waals surface area contributed by atoms with Gasteiger partial charge in [-0.25, -0.2) is 0 Å². The second-order valence-electron chi connectivity index (χ2n) is 25.0. The minimum Gasteiger partial charge on any atom is -0.462 e. The van der Waals surface area contributed by atoms with Crippen LogP contribution in [0.5, 0.6) is 0 Å². The number of hydrogen-bond acceptors (Lipinski definition) is 5. The van der Waals surface area contributed by atoms with Crippen LogP contribution in [-0.2, 0) is 19.1 Å². The van der Waals surface area contributed by atoms with E-state index in [1.807, 2.05) is 0 Å². The second kappa shape index (κ2) is 75.8. The molecule has 0 amide bonds. The first-order chi connectivity index (χ1) is 42.6. The molecule has 0 bridgehead atoms. The van der Waals surface area contributed by atoms with Crippen LogP contribution in [0.3, 0.4) is 0 Å². The molecule has 0 spiro atoms. The van der Waals surface area contributed by atoms with Gasteiger partial charge >= 0.3 is 11.9 Å². The lowest BCUT2D eigenvalue weighted by Gasteiger charge is -2.15. The monoisotopic (exact) mass is 1200 g/mol. The second-order valence-corrected chi connectivity index (χ2v) is 25.0. The van der Waals surface area contributed by atoms with E-state index in [1.54, 1.807) is 0 Å². The Hall–Kier alpha value is -3.44. The molecule has 496 valence electrons. The van der Waals surface area contributed by atoms with Crippen molar-refractivity contribution in [2.75, 3.05) is 13.2 Å². The number of aliphatic hydroxyl groups excluding tert-OH is 1. The van der Waals surface area contributed by atoms with E-state index in [4.69, 9.17) is 9.47 Å². The summed E-state index contributed by atoms with van der Waals surface area (Å²) >= 11 is 0. The number of unbranched alkanes of at least 4 members (excludes halogenated alkanes) is 43. The van der Waals surface area contributed by atoms with Crippen LogP contribution in [-0.4, -0.2) is 36.4 Å². The molecule has 0 aliphatic heterocycles. The number of carbonyl (C=O) groups excluding carboxylic acids is 2. The molecule has 0 saturated heterocycles. The first-order valence-corrected chi connectivity index (χ1v) is 37.4. The number of allylic oxidation sites excluding steroid dienone is 18.